The molecule has 2 aliphatic heterocycles. The number of hydrogen-bond donors (Lipinski definition) is 0. The van der Waals surface area contributed by atoms with Crippen LogP contribution in [0.1, 0.15) is 69.9 Å². The lowest BCUT2D eigenvalue weighted by atomic mass is 9.79. The molecule has 0 saturated carbocycles. The first kappa shape index (κ1) is 22.0. The fraction of sp³-hybridized carbons (Fsp3) is 0.500. The third-order valence-electron chi connectivity index (χ3n) is 6.42. The third-order valence-corrected chi connectivity index (χ3v) is 6.42. The Balaban J connectivity index is 1.54. The summed E-state index contributed by atoms with van der Waals surface area (Å²) in [7, 11) is 0. The highest BCUT2D eigenvalue weighted by molar-refractivity contribution is 6.01. The van der Waals surface area contributed by atoms with E-state index in [9.17, 15) is 19.2 Å². The maximum absolute atomic E-state index is 12.2. The van der Waals surface area contributed by atoms with Crippen LogP contribution in [0.2, 0.25) is 0 Å². The lowest BCUT2D eigenvalue weighted by Gasteiger charge is -2.47. The average Bonchev–Trinajstić information content (AvgIpc) is 3.01. The van der Waals surface area contributed by atoms with Crippen molar-refractivity contribution >= 4 is 34.4 Å². The van der Waals surface area contributed by atoms with E-state index >= 15 is 0 Å². The fourth-order valence-electron chi connectivity index (χ4n) is 4.90. The summed E-state index contributed by atoms with van der Waals surface area (Å²) >= 11 is 0. The molecule has 1 saturated heterocycles. The number of anilines is 1. The van der Waals surface area contributed by atoms with Gasteiger partial charge in [0.15, 0.2) is 0 Å². The van der Waals surface area contributed by atoms with Crippen molar-refractivity contribution < 1.29 is 23.6 Å². The molecule has 2 aromatic rings. The molecule has 0 bridgehead atoms. The van der Waals surface area contributed by atoms with Gasteiger partial charge in [-0.3, -0.25) is 9.59 Å². The van der Waals surface area contributed by atoms with Crippen LogP contribution >= 0.6 is 0 Å². The van der Waals surface area contributed by atoms with Crippen LogP contribution in [-0.2, 0) is 19.2 Å². The topological polar surface area (TPSA) is 97.1 Å². The van der Waals surface area contributed by atoms with Crippen LogP contribution < -0.4 is 10.5 Å². The van der Waals surface area contributed by atoms with Crippen molar-refractivity contribution in [3.05, 3.63) is 39.7 Å². The van der Waals surface area contributed by atoms with E-state index < -0.39 is 17.8 Å². The number of amides is 2. The van der Waals surface area contributed by atoms with Gasteiger partial charge in [-0.05, 0) is 56.7 Å². The van der Waals surface area contributed by atoms with Gasteiger partial charge in [0.2, 0.25) is 0 Å². The highest BCUT2D eigenvalue weighted by Gasteiger charge is 2.37. The van der Waals surface area contributed by atoms with Gasteiger partial charge >= 0.3 is 11.6 Å². The van der Waals surface area contributed by atoms with Gasteiger partial charge in [0.1, 0.15) is 5.58 Å². The summed E-state index contributed by atoms with van der Waals surface area (Å²) in [6, 6.07) is 5.54. The minimum Gasteiger partial charge on any atom is -0.423 e. The van der Waals surface area contributed by atoms with Crippen molar-refractivity contribution in [3.8, 4) is 0 Å². The molecular weight excluding hydrogens is 412 g/mol. The zero-order valence-electron chi connectivity index (χ0n) is 18.9. The summed E-state index contributed by atoms with van der Waals surface area (Å²) in [6.07, 6.45) is 1.65. The molecule has 32 heavy (non-hydrogen) atoms. The molecular formula is C24H28N2O6. The number of aryl methyl sites for hydroxylation is 1. The lowest BCUT2D eigenvalue weighted by molar-refractivity contribution is -0.197. The molecule has 0 radical (unpaired) electrons. The van der Waals surface area contributed by atoms with Crippen LogP contribution in [0.5, 0.6) is 0 Å². The maximum atomic E-state index is 12.2. The summed E-state index contributed by atoms with van der Waals surface area (Å²) in [5, 5.41) is 1.51. The van der Waals surface area contributed by atoms with Crippen LogP contribution in [0.4, 0.5) is 5.69 Å². The molecule has 1 fully saturated rings. The number of carbonyl (C=O) groups excluding carboxylic acids is 3. The second kappa shape index (κ2) is 8.07. The first-order valence-corrected chi connectivity index (χ1v) is 11.0. The zero-order valence-corrected chi connectivity index (χ0v) is 18.9. The SMILES string of the molecule is Cc1cc(=O)oc2cc3c(cc12)[C@H](C)CC(C)(C)N3CCCC(=O)ON1C(=O)CCC1=O. The normalized spacial score (nSPS) is 20.1. The van der Waals surface area contributed by atoms with E-state index in [1.165, 1.54) is 11.6 Å². The van der Waals surface area contributed by atoms with Gasteiger partial charge in [0, 0.05) is 54.6 Å². The molecule has 4 rings (SSSR count). The second-order valence-corrected chi connectivity index (χ2v) is 9.37. The smallest absolute Gasteiger partial charge is 0.336 e. The Bertz CT molecular complexity index is 1150. The van der Waals surface area contributed by atoms with Gasteiger partial charge in [-0.25, -0.2) is 9.59 Å². The molecule has 8 nitrogen and oxygen atoms in total. The molecule has 0 unspecified atom stereocenters. The van der Waals surface area contributed by atoms with Crippen LogP contribution in [0.15, 0.2) is 27.4 Å². The Hall–Kier alpha value is -3.16. The summed E-state index contributed by atoms with van der Waals surface area (Å²) in [5.74, 6) is -1.24. The van der Waals surface area contributed by atoms with Gasteiger partial charge in [-0.15, -0.1) is 5.06 Å². The number of hydroxylamine groups is 2. The number of imide groups is 1. The number of benzene rings is 1. The Morgan fingerprint density at radius 3 is 2.53 bits per heavy atom. The van der Waals surface area contributed by atoms with E-state index in [4.69, 9.17) is 9.25 Å². The second-order valence-electron chi connectivity index (χ2n) is 9.37. The molecule has 2 aliphatic rings. The monoisotopic (exact) mass is 440 g/mol. The van der Waals surface area contributed by atoms with Crippen LogP contribution in [0.3, 0.4) is 0 Å². The summed E-state index contributed by atoms with van der Waals surface area (Å²) in [4.78, 5) is 54.6. The zero-order chi connectivity index (χ0) is 23.2. The van der Waals surface area contributed by atoms with E-state index in [-0.39, 0.29) is 30.4 Å². The first-order chi connectivity index (χ1) is 15.1. The van der Waals surface area contributed by atoms with E-state index in [2.05, 4.69) is 31.7 Å². The highest BCUT2D eigenvalue weighted by Crippen LogP contribution is 2.45. The van der Waals surface area contributed by atoms with E-state index in [1.807, 2.05) is 13.0 Å². The number of fused-ring (bicyclic) bond motifs is 2. The molecule has 3 heterocycles. The van der Waals surface area contributed by atoms with Crippen LogP contribution in [0, 0.1) is 6.92 Å². The molecule has 1 aromatic heterocycles. The largest absolute Gasteiger partial charge is 0.423 e. The molecule has 1 aromatic carbocycles. The van der Waals surface area contributed by atoms with Crippen molar-refractivity contribution in [1.29, 1.82) is 0 Å². The first-order valence-electron chi connectivity index (χ1n) is 11.0. The molecule has 170 valence electrons. The van der Waals surface area contributed by atoms with Gasteiger partial charge in [0.05, 0.1) is 0 Å². The van der Waals surface area contributed by atoms with Crippen molar-refractivity contribution in [2.24, 2.45) is 0 Å². The van der Waals surface area contributed by atoms with Crippen LogP contribution in [0.25, 0.3) is 11.0 Å². The molecule has 0 aliphatic carbocycles. The number of carbonyl (C=O) groups is 3. The molecule has 0 spiro atoms. The maximum Gasteiger partial charge on any atom is 0.336 e. The van der Waals surface area contributed by atoms with Crippen molar-refractivity contribution in [3.63, 3.8) is 0 Å². The minimum atomic E-state index is -0.600. The Morgan fingerprint density at radius 1 is 1.16 bits per heavy atom. The van der Waals surface area contributed by atoms with Gasteiger partial charge in [-0.1, -0.05) is 6.92 Å². The number of hydrogen-bond acceptors (Lipinski definition) is 7. The number of rotatable bonds is 5. The van der Waals surface area contributed by atoms with Crippen molar-refractivity contribution in [1.82, 2.24) is 5.06 Å². The average molecular weight is 440 g/mol. The molecule has 1 atom stereocenters. The van der Waals surface area contributed by atoms with Gasteiger partial charge in [0.25, 0.3) is 11.8 Å². The van der Waals surface area contributed by atoms with Crippen LogP contribution in [-0.4, -0.2) is 34.9 Å². The number of nitrogens with zero attached hydrogens (tertiary/aromatic N) is 2. The lowest BCUT2D eigenvalue weighted by Crippen LogP contribution is -2.49. The van der Waals surface area contributed by atoms with E-state index in [1.54, 1.807) is 0 Å². The standard InChI is InChI=1S/C24H28N2O6/c1-14-10-23(30)31-19-12-18-16(11-17(14)19)15(2)13-24(3,4)25(18)9-5-6-22(29)32-26-20(27)7-8-21(26)28/h10-12,15H,5-9,13H2,1-4H3/t15-/m1/s1. The van der Waals surface area contributed by atoms with Crippen molar-refractivity contribution in [2.45, 2.75) is 71.3 Å². The fourth-order valence-corrected chi connectivity index (χ4v) is 4.90. The molecule has 0 N–H and O–H groups in total. The third kappa shape index (κ3) is 4.01. The van der Waals surface area contributed by atoms with E-state index in [0.717, 1.165) is 23.1 Å². The van der Waals surface area contributed by atoms with Crippen molar-refractivity contribution in [2.75, 3.05) is 11.4 Å². The Labute approximate surface area is 186 Å². The summed E-state index contributed by atoms with van der Waals surface area (Å²) in [5.41, 5.74) is 3.07. The van der Waals surface area contributed by atoms with Gasteiger partial charge in [-0.2, -0.15) is 0 Å². The Morgan fingerprint density at radius 2 is 1.84 bits per heavy atom. The predicted octanol–water partition coefficient (Wildman–Crippen LogP) is 3.58. The quantitative estimate of drug-likeness (QED) is 0.518. The minimum absolute atomic E-state index is 0.0760. The molecule has 8 heteroatoms. The van der Waals surface area contributed by atoms with E-state index in [0.29, 0.717) is 29.5 Å². The highest BCUT2D eigenvalue weighted by atomic mass is 16.7. The van der Waals surface area contributed by atoms with Gasteiger partial charge < -0.3 is 14.2 Å². The summed E-state index contributed by atoms with van der Waals surface area (Å²) in [6.45, 7) is 8.99. The molecule has 2 amide bonds. The predicted molar refractivity (Wildman–Crippen MR) is 118 cm³/mol. The Kier molecular flexibility index (Phi) is 5.56. The summed E-state index contributed by atoms with van der Waals surface area (Å²) < 4.78 is 5.47.